The molecule has 0 saturated carbocycles. The fourth-order valence-corrected chi connectivity index (χ4v) is 1.66. The van der Waals surface area contributed by atoms with Crippen molar-refractivity contribution in [2.24, 2.45) is 5.84 Å². The molecule has 0 atom stereocenters. The van der Waals surface area contributed by atoms with Crippen LogP contribution >= 0.6 is 0 Å². The first-order chi connectivity index (χ1) is 8.71. The quantitative estimate of drug-likeness (QED) is 0.568. The largest absolute Gasteiger partial charge is 0.340 e. The third kappa shape index (κ3) is 2.95. The number of nitrogens with one attached hydrogen (secondary N) is 2. The van der Waals surface area contributed by atoms with Gasteiger partial charge in [0.2, 0.25) is 0 Å². The highest BCUT2D eigenvalue weighted by Crippen LogP contribution is 2.18. The van der Waals surface area contributed by atoms with Crippen molar-refractivity contribution >= 4 is 17.3 Å². The molecule has 0 spiro atoms. The minimum Gasteiger partial charge on any atom is -0.340 e. The first-order valence-corrected chi connectivity index (χ1v) is 5.89. The van der Waals surface area contributed by atoms with Crippen LogP contribution in [0.5, 0.6) is 0 Å². The zero-order chi connectivity index (χ0) is 13.0. The zero-order valence-corrected chi connectivity index (χ0v) is 10.6. The molecule has 0 saturated heterocycles. The van der Waals surface area contributed by atoms with Crippen molar-refractivity contribution in [3.63, 3.8) is 0 Å². The minimum absolute atomic E-state index is 0.608. The summed E-state index contributed by atoms with van der Waals surface area (Å²) in [4.78, 5) is 8.65. The monoisotopic (exact) mass is 243 g/mol. The Morgan fingerprint density at radius 2 is 1.94 bits per heavy atom. The summed E-state index contributed by atoms with van der Waals surface area (Å²) >= 11 is 0. The summed E-state index contributed by atoms with van der Waals surface area (Å²) in [7, 11) is 0. The summed E-state index contributed by atoms with van der Waals surface area (Å²) in [5, 5.41) is 3.25. The first-order valence-electron chi connectivity index (χ1n) is 5.89. The number of hydrogen-bond donors (Lipinski definition) is 3. The van der Waals surface area contributed by atoms with Gasteiger partial charge in [0.15, 0.2) is 0 Å². The Balaban J connectivity index is 2.28. The van der Waals surface area contributed by atoms with Crippen molar-refractivity contribution < 1.29 is 0 Å². The molecule has 0 aliphatic rings. The van der Waals surface area contributed by atoms with Gasteiger partial charge in [-0.15, -0.1) is 0 Å². The van der Waals surface area contributed by atoms with Gasteiger partial charge in [-0.1, -0.05) is 19.1 Å². The van der Waals surface area contributed by atoms with E-state index in [0.717, 1.165) is 23.8 Å². The van der Waals surface area contributed by atoms with E-state index >= 15 is 0 Å². The predicted octanol–water partition coefficient (Wildman–Crippen LogP) is 2.38. The Bertz CT molecular complexity index is 516. The fraction of sp³-hybridized carbons (Fsp3) is 0.231. The molecule has 2 rings (SSSR count). The molecular formula is C13H17N5. The second-order valence-electron chi connectivity index (χ2n) is 4.05. The molecule has 4 N–H and O–H groups in total. The Labute approximate surface area is 106 Å². The van der Waals surface area contributed by atoms with Crippen LogP contribution in [-0.4, -0.2) is 9.97 Å². The van der Waals surface area contributed by atoms with Gasteiger partial charge >= 0.3 is 0 Å². The van der Waals surface area contributed by atoms with E-state index in [1.807, 2.05) is 19.1 Å². The molecule has 2 aromatic rings. The summed E-state index contributed by atoms with van der Waals surface area (Å²) in [6.45, 7) is 4.06. The van der Waals surface area contributed by atoms with Crippen LogP contribution in [-0.2, 0) is 6.42 Å². The average Bonchev–Trinajstić information content (AvgIpc) is 2.38. The van der Waals surface area contributed by atoms with Crippen molar-refractivity contribution in [1.82, 2.24) is 9.97 Å². The molecule has 0 amide bonds. The number of benzene rings is 1. The third-order valence-electron chi connectivity index (χ3n) is 2.53. The molecule has 0 fully saturated rings. The number of nitrogens with two attached hydrogens (primary N) is 1. The standard InChI is InChI=1S/C13H17N5/c1-3-11-16-12(8-13(17-11)18-14)15-10-6-4-5-9(2)7-10/h4-8H,3,14H2,1-2H3,(H2,15,16,17,18). The number of nitrogen functional groups attached to an aromatic ring is 1. The van der Waals surface area contributed by atoms with Crippen LogP contribution in [0, 0.1) is 6.92 Å². The number of hydrazine groups is 1. The molecule has 1 aromatic heterocycles. The number of rotatable bonds is 4. The van der Waals surface area contributed by atoms with Gasteiger partial charge in [-0.2, -0.15) is 0 Å². The second-order valence-corrected chi connectivity index (χ2v) is 4.05. The van der Waals surface area contributed by atoms with Gasteiger partial charge in [0, 0.05) is 18.2 Å². The van der Waals surface area contributed by atoms with E-state index in [1.54, 1.807) is 6.07 Å². The molecule has 1 heterocycles. The van der Waals surface area contributed by atoms with Crippen LogP contribution in [0.1, 0.15) is 18.3 Å². The lowest BCUT2D eigenvalue weighted by atomic mass is 10.2. The summed E-state index contributed by atoms with van der Waals surface area (Å²) in [6.07, 6.45) is 0.762. The van der Waals surface area contributed by atoms with E-state index in [0.29, 0.717) is 5.82 Å². The summed E-state index contributed by atoms with van der Waals surface area (Å²) < 4.78 is 0. The fourth-order valence-electron chi connectivity index (χ4n) is 1.66. The van der Waals surface area contributed by atoms with E-state index in [4.69, 9.17) is 5.84 Å². The van der Waals surface area contributed by atoms with Crippen LogP contribution in [0.4, 0.5) is 17.3 Å². The maximum absolute atomic E-state index is 5.39. The molecule has 18 heavy (non-hydrogen) atoms. The third-order valence-corrected chi connectivity index (χ3v) is 2.53. The Kier molecular flexibility index (Phi) is 3.74. The van der Waals surface area contributed by atoms with Crippen molar-refractivity contribution in [2.75, 3.05) is 10.7 Å². The SMILES string of the molecule is CCc1nc(NN)cc(Nc2cccc(C)c2)n1. The van der Waals surface area contributed by atoms with E-state index in [2.05, 4.69) is 39.8 Å². The van der Waals surface area contributed by atoms with Gasteiger partial charge < -0.3 is 10.7 Å². The zero-order valence-electron chi connectivity index (χ0n) is 10.6. The smallest absolute Gasteiger partial charge is 0.145 e. The normalized spacial score (nSPS) is 10.2. The van der Waals surface area contributed by atoms with E-state index in [1.165, 1.54) is 5.56 Å². The number of nitrogens with zero attached hydrogens (tertiary/aromatic N) is 2. The van der Waals surface area contributed by atoms with E-state index in [-0.39, 0.29) is 0 Å². The molecule has 94 valence electrons. The molecule has 0 unspecified atom stereocenters. The number of aryl methyl sites for hydroxylation is 2. The lowest BCUT2D eigenvalue weighted by Crippen LogP contribution is -2.11. The summed E-state index contributed by atoms with van der Waals surface area (Å²) in [5.41, 5.74) is 4.74. The second kappa shape index (κ2) is 5.46. The summed E-state index contributed by atoms with van der Waals surface area (Å²) in [5.74, 6) is 7.49. The maximum atomic E-state index is 5.39. The Morgan fingerprint density at radius 1 is 1.17 bits per heavy atom. The lowest BCUT2D eigenvalue weighted by Gasteiger charge is -2.09. The number of anilines is 3. The van der Waals surface area contributed by atoms with Gasteiger partial charge in [0.1, 0.15) is 17.5 Å². The number of hydrogen-bond acceptors (Lipinski definition) is 5. The molecule has 5 heteroatoms. The van der Waals surface area contributed by atoms with Crippen LogP contribution < -0.4 is 16.6 Å². The molecule has 0 aliphatic carbocycles. The molecule has 5 nitrogen and oxygen atoms in total. The van der Waals surface area contributed by atoms with Crippen LogP contribution in [0.3, 0.4) is 0 Å². The van der Waals surface area contributed by atoms with Crippen LogP contribution in [0.2, 0.25) is 0 Å². The van der Waals surface area contributed by atoms with Crippen LogP contribution in [0.15, 0.2) is 30.3 Å². The van der Waals surface area contributed by atoms with E-state index < -0.39 is 0 Å². The topological polar surface area (TPSA) is 75.9 Å². The average molecular weight is 243 g/mol. The highest BCUT2D eigenvalue weighted by Gasteiger charge is 2.03. The van der Waals surface area contributed by atoms with Crippen molar-refractivity contribution in [1.29, 1.82) is 0 Å². The van der Waals surface area contributed by atoms with E-state index in [9.17, 15) is 0 Å². The van der Waals surface area contributed by atoms with Gasteiger partial charge in [-0.05, 0) is 24.6 Å². The van der Waals surface area contributed by atoms with Gasteiger partial charge in [-0.3, -0.25) is 0 Å². The Morgan fingerprint density at radius 3 is 2.61 bits per heavy atom. The highest BCUT2D eigenvalue weighted by atomic mass is 15.3. The Hall–Kier alpha value is -2.14. The first kappa shape index (κ1) is 12.3. The van der Waals surface area contributed by atoms with Gasteiger partial charge in [-0.25, -0.2) is 15.8 Å². The van der Waals surface area contributed by atoms with Crippen molar-refractivity contribution in [3.8, 4) is 0 Å². The molecular weight excluding hydrogens is 226 g/mol. The summed E-state index contributed by atoms with van der Waals surface area (Å²) in [6, 6.07) is 9.89. The highest BCUT2D eigenvalue weighted by molar-refractivity contribution is 5.59. The molecule has 0 radical (unpaired) electrons. The van der Waals surface area contributed by atoms with Crippen molar-refractivity contribution in [2.45, 2.75) is 20.3 Å². The van der Waals surface area contributed by atoms with Crippen LogP contribution in [0.25, 0.3) is 0 Å². The van der Waals surface area contributed by atoms with Crippen molar-refractivity contribution in [3.05, 3.63) is 41.7 Å². The number of aromatic nitrogens is 2. The van der Waals surface area contributed by atoms with Gasteiger partial charge in [0.25, 0.3) is 0 Å². The maximum Gasteiger partial charge on any atom is 0.145 e. The van der Waals surface area contributed by atoms with Gasteiger partial charge in [0.05, 0.1) is 0 Å². The minimum atomic E-state index is 0.608. The predicted molar refractivity (Wildman–Crippen MR) is 73.7 cm³/mol. The molecule has 0 bridgehead atoms. The molecule has 1 aromatic carbocycles. The molecule has 0 aliphatic heterocycles. The lowest BCUT2D eigenvalue weighted by molar-refractivity contribution is 0.941.